The van der Waals surface area contributed by atoms with E-state index in [1.54, 1.807) is 0 Å². The lowest BCUT2D eigenvalue weighted by Gasteiger charge is -2.21. The van der Waals surface area contributed by atoms with Crippen molar-refractivity contribution in [2.75, 3.05) is 30.3 Å². The Morgan fingerprint density at radius 3 is 2.67 bits per heavy atom. The molecule has 0 aromatic heterocycles. The molecule has 15 heavy (non-hydrogen) atoms. The Balaban J connectivity index is 2.09. The van der Waals surface area contributed by atoms with Gasteiger partial charge in [0.2, 0.25) is 5.91 Å². The monoisotopic (exact) mass is 205 g/mol. The first kappa shape index (κ1) is 9.83. The molecule has 0 bridgehead atoms. The number of amides is 1. The van der Waals surface area contributed by atoms with Gasteiger partial charge in [0.15, 0.2) is 0 Å². The lowest BCUT2D eigenvalue weighted by atomic mass is 10.2. The fourth-order valence-electron chi connectivity index (χ4n) is 1.71. The second-order valence-corrected chi connectivity index (χ2v) is 3.68. The van der Waals surface area contributed by atoms with Crippen LogP contribution in [0.2, 0.25) is 0 Å². The van der Waals surface area contributed by atoms with Crippen molar-refractivity contribution in [3.63, 3.8) is 0 Å². The largest absolute Gasteiger partial charge is 0.399 e. The van der Waals surface area contributed by atoms with E-state index in [4.69, 9.17) is 5.73 Å². The molecule has 0 unspecified atom stereocenters. The molecule has 1 aliphatic rings. The molecule has 1 aromatic carbocycles. The van der Waals surface area contributed by atoms with Crippen LogP contribution in [0.15, 0.2) is 24.3 Å². The summed E-state index contributed by atoms with van der Waals surface area (Å²) in [6, 6.07) is 7.75. The standard InChI is InChI=1S/C11H15N3O/c12-9-1-3-10(4-2-9)14-7-5-11(15)13-6-8-14/h1-4H,5-8,12H2,(H,13,15). The van der Waals surface area contributed by atoms with Gasteiger partial charge in [-0.15, -0.1) is 0 Å². The highest BCUT2D eigenvalue weighted by Crippen LogP contribution is 2.16. The molecule has 0 radical (unpaired) electrons. The molecule has 4 heteroatoms. The second kappa shape index (κ2) is 4.21. The van der Waals surface area contributed by atoms with Crippen LogP contribution in [0.25, 0.3) is 0 Å². The van der Waals surface area contributed by atoms with Crippen LogP contribution in [0.1, 0.15) is 6.42 Å². The molecule has 0 spiro atoms. The van der Waals surface area contributed by atoms with Gasteiger partial charge in [-0.3, -0.25) is 4.79 Å². The van der Waals surface area contributed by atoms with E-state index in [0.29, 0.717) is 13.0 Å². The predicted molar refractivity (Wildman–Crippen MR) is 60.7 cm³/mol. The summed E-state index contributed by atoms with van der Waals surface area (Å²) in [5.41, 5.74) is 7.52. The van der Waals surface area contributed by atoms with E-state index in [0.717, 1.165) is 24.5 Å². The SMILES string of the molecule is Nc1ccc(N2CCNC(=O)CC2)cc1. The number of hydrogen-bond donors (Lipinski definition) is 2. The van der Waals surface area contributed by atoms with Gasteiger partial charge in [-0.25, -0.2) is 0 Å². The molecule has 1 aliphatic heterocycles. The average Bonchev–Trinajstić information content (AvgIpc) is 2.44. The molecule has 80 valence electrons. The first-order chi connectivity index (χ1) is 7.25. The number of nitrogens with one attached hydrogen (secondary N) is 1. The molecule has 3 N–H and O–H groups in total. The summed E-state index contributed by atoms with van der Waals surface area (Å²) in [6.45, 7) is 2.34. The van der Waals surface area contributed by atoms with Crippen molar-refractivity contribution in [1.29, 1.82) is 0 Å². The van der Waals surface area contributed by atoms with Crippen LogP contribution in [-0.4, -0.2) is 25.5 Å². The number of carbonyl (C=O) groups excluding carboxylic acids is 1. The molecular formula is C11H15N3O. The molecular weight excluding hydrogens is 190 g/mol. The minimum atomic E-state index is 0.132. The van der Waals surface area contributed by atoms with Crippen molar-refractivity contribution in [2.24, 2.45) is 0 Å². The number of carbonyl (C=O) groups is 1. The van der Waals surface area contributed by atoms with Crippen molar-refractivity contribution >= 4 is 17.3 Å². The van der Waals surface area contributed by atoms with Crippen molar-refractivity contribution < 1.29 is 4.79 Å². The molecule has 0 saturated carbocycles. The zero-order chi connectivity index (χ0) is 10.7. The quantitative estimate of drug-likeness (QED) is 0.660. The molecule has 0 aliphatic carbocycles. The highest BCUT2D eigenvalue weighted by Gasteiger charge is 2.13. The van der Waals surface area contributed by atoms with E-state index in [-0.39, 0.29) is 5.91 Å². The highest BCUT2D eigenvalue weighted by molar-refractivity contribution is 5.77. The van der Waals surface area contributed by atoms with Gasteiger partial charge in [0, 0.05) is 37.4 Å². The van der Waals surface area contributed by atoms with Crippen molar-refractivity contribution in [3.05, 3.63) is 24.3 Å². The van der Waals surface area contributed by atoms with Crippen molar-refractivity contribution in [3.8, 4) is 0 Å². The van der Waals surface area contributed by atoms with Gasteiger partial charge >= 0.3 is 0 Å². The predicted octanol–water partition coefficient (Wildman–Crippen LogP) is 0.595. The number of benzene rings is 1. The van der Waals surface area contributed by atoms with Gasteiger partial charge in [-0.2, -0.15) is 0 Å². The lowest BCUT2D eigenvalue weighted by molar-refractivity contribution is -0.120. The number of nitrogen functional groups attached to an aromatic ring is 1. The van der Waals surface area contributed by atoms with E-state index in [1.807, 2.05) is 24.3 Å². The van der Waals surface area contributed by atoms with Crippen LogP contribution < -0.4 is 16.0 Å². The fraction of sp³-hybridized carbons (Fsp3) is 0.364. The number of nitrogens with zero attached hydrogens (tertiary/aromatic N) is 1. The summed E-state index contributed by atoms with van der Waals surface area (Å²) < 4.78 is 0. The Kier molecular flexibility index (Phi) is 2.76. The summed E-state index contributed by atoms with van der Waals surface area (Å²) in [4.78, 5) is 13.3. The van der Waals surface area contributed by atoms with Crippen LogP contribution in [0.3, 0.4) is 0 Å². The maximum absolute atomic E-state index is 11.2. The van der Waals surface area contributed by atoms with E-state index >= 15 is 0 Å². The summed E-state index contributed by atoms with van der Waals surface area (Å²) in [5.74, 6) is 0.132. The zero-order valence-corrected chi connectivity index (χ0v) is 8.57. The maximum Gasteiger partial charge on any atom is 0.221 e. The van der Waals surface area contributed by atoms with Crippen LogP contribution in [-0.2, 0) is 4.79 Å². The highest BCUT2D eigenvalue weighted by atomic mass is 16.1. The van der Waals surface area contributed by atoms with E-state index in [2.05, 4.69) is 10.2 Å². The number of hydrogen-bond acceptors (Lipinski definition) is 3. The molecule has 1 saturated heterocycles. The third-order valence-electron chi connectivity index (χ3n) is 2.57. The Morgan fingerprint density at radius 1 is 1.20 bits per heavy atom. The van der Waals surface area contributed by atoms with E-state index in [1.165, 1.54) is 0 Å². The smallest absolute Gasteiger partial charge is 0.221 e. The topological polar surface area (TPSA) is 58.4 Å². The summed E-state index contributed by atoms with van der Waals surface area (Å²) in [7, 11) is 0. The Bertz CT molecular complexity index is 347. The first-order valence-electron chi connectivity index (χ1n) is 5.13. The molecule has 1 heterocycles. The Labute approximate surface area is 89.1 Å². The van der Waals surface area contributed by atoms with Crippen molar-refractivity contribution in [2.45, 2.75) is 6.42 Å². The molecule has 4 nitrogen and oxygen atoms in total. The maximum atomic E-state index is 11.2. The zero-order valence-electron chi connectivity index (χ0n) is 8.57. The second-order valence-electron chi connectivity index (χ2n) is 3.68. The number of nitrogens with two attached hydrogens (primary N) is 1. The fourth-order valence-corrected chi connectivity index (χ4v) is 1.71. The van der Waals surface area contributed by atoms with Gasteiger partial charge in [0.1, 0.15) is 0 Å². The molecule has 2 rings (SSSR count). The minimum absolute atomic E-state index is 0.132. The van der Waals surface area contributed by atoms with Crippen LogP contribution in [0.5, 0.6) is 0 Å². The third kappa shape index (κ3) is 2.40. The van der Waals surface area contributed by atoms with E-state index < -0.39 is 0 Å². The van der Waals surface area contributed by atoms with Gasteiger partial charge < -0.3 is 16.0 Å². The van der Waals surface area contributed by atoms with Crippen molar-refractivity contribution in [1.82, 2.24) is 5.32 Å². The molecule has 1 fully saturated rings. The van der Waals surface area contributed by atoms with Crippen LogP contribution in [0, 0.1) is 0 Å². The summed E-state index contributed by atoms with van der Waals surface area (Å²) in [5, 5.41) is 2.85. The normalized spacial score (nSPS) is 17.1. The third-order valence-corrected chi connectivity index (χ3v) is 2.57. The molecule has 1 aromatic rings. The van der Waals surface area contributed by atoms with Crippen LogP contribution >= 0.6 is 0 Å². The number of anilines is 2. The van der Waals surface area contributed by atoms with Gasteiger partial charge in [0.05, 0.1) is 0 Å². The summed E-state index contributed by atoms with van der Waals surface area (Å²) >= 11 is 0. The molecule has 1 amide bonds. The Hall–Kier alpha value is -1.71. The van der Waals surface area contributed by atoms with Gasteiger partial charge in [-0.05, 0) is 24.3 Å². The summed E-state index contributed by atoms with van der Waals surface area (Å²) in [6.07, 6.45) is 0.560. The van der Waals surface area contributed by atoms with Crippen LogP contribution in [0.4, 0.5) is 11.4 Å². The van der Waals surface area contributed by atoms with E-state index in [9.17, 15) is 4.79 Å². The number of rotatable bonds is 1. The molecule has 0 atom stereocenters. The minimum Gasteiger partial charge on any atom is -0.399 e. The van der Waals surface area contributed by atoms with Gasteiger partial charge in [-0.1, -0.05) is 0 Å². The first-order valence-corrected chi connectivity index (χ1v) is 5.13. The lowest BCUT2D eigenvalue weighted by Crippen LogP contribution is -2.28. The Morgan fingerprint density at radius 2 is 1.93 bits per heavy atom. The van der Waals surface area contributed by atoms with Gasteiger partial charge in [0.25, 0.3) is 0 Å². The average molecular weight is 205 g/mol.